The first kappa shape index (κ1) is 27.2. The van der Waals surface area contributed by atoms with Crippen LogP contribution in [0.15, 0.2) is 18.2 Å². The number of carbonyl (C=O) groups excluding carboxylic acids is 1. The van der Waals surface area contributed by atoms with Gasteiger partial charge in [0.15, 0.2) is 0 Å². The van der Waals surface area contributed by atoms with Crippen LogP contribution < -0.4 is 0 Å². The molecule has 2 rings (SSSR count). The molecule has 0 amide bonds. The Bertz CT molecular complexity index is 872. The molecule has 1 saturated carbocycles. The molecule has 2 atom stereocenters. The minimum absolute atomic E-state index is 0.102. The molecule has 0 unspecified atom stereocenters. The van der Waals surface area contributed by atoms with Crippen molar-refractivity contribution in [1.82, 2.24) is 0 Å². The normalized spacial score (nSPS) is 19.1. The lowest BCUT2D eigenvalue weighted by atomic mass is 9.97. The largest absolute Gasteiger partial charge is 0.458 e. The average Bonchev–Trinajstić information content (AvgIpc) is 2.71. The van der Waals surface area contributed by atoms with Crippen LogP contribution >= 0.6 is 34.4 Å². The summed E-state index contributed by atoms with van der Waals surface area (Å²) in [5.41, 5.74) is 5.63. The van der Waals surface area contributed by atoms with Crippen molar-refractivity contribution in [3.63, 3.8) is 0 Å². The number of esters is 1. The van der Waals surface area contributed by atoms with Gasteiger partial charge in [0.2, 0.25) is 0 Å². The zero-order valence-corrected chi connectivity index (χ0v) is 23.8. The van der Waals surface area contributed by atoms with E-state index in [4.69, 9.17) is 4.74 Å². The highest BCUT2D eigenvalue weighted by Crippen LogP contribution is 2.41. The molecule has 176 valence electrons. The van der Waals surface area contributed by atoms with E-state index in [0.717, 1.165) is 25.7 Å². The van der Waals surface area contributed by atoms with Gasteiger partial charge in [0.1, 0.15) is 14.2 Å². The van der Waals surface area contributed by atoms with E-state index in [1.165, 1.54) is 12.1 Å². The van der Waals surface area contributed by atoms with Crippen molar-refractivity contribution >= 4 is 54.1 Å². The van der Waals surface area contributed by atoms with E-state index in [-0.39, 0.29) is 22.6 Å². The summed E-state index contributed by atoms with van der Waals surface area (Å²) in [6.07, 6.45) is 3.65. The Morgan fingerprint density at radius 1 is 1.16 bits per heavy atom. The number of nitro groups is 1. The number of hydrogen-bond acceptors (Lipinski definition) is 5. The number of carbonyl (C=O) groups is 1. The average molecular weight is 588 g/mol. The maximum Gasteiger partial charge on any atom is 0.339 e. The third-order valence-electron chi connectivity index (χ3n) is 6.62. The first-order valence-corrected chi connectivity index (χ1v) is 15.5. The van der Waals surface area contributed by atoms with Crippen LogP contribution in [0.5, 0.6) is 0 Å². The second-order valence-electron chi connectivity index (χ2n) is 9.43. The van der Waals surface area contributed by atoms with Gasteiger partial charge in [0.25, 0.3) is 5.69 Å². The molecular formula is C24H34INO4SSi. The zero-order valence-electron chi connectivity index (χ0n) is 19.8. The molecule has 1 aliphatic rings. The van der Waals surface area contributed by atoms with E-state index >= 15 is 0 Å². The summed E-state index contributed by atoms with van der Waals surface area (Å²) in [6.45, 7) is 13.8. The van der Waals surface area contributed by atoms with Crippen LogP contribution in [0.3, 0.4) is 0 Å². The molecule has 1 fully saturated rings. The molecule has 0 spiro atoms. The molecule has 5 nitrogen and oxygen atoms in total. The lowest BCUT2D eigenvalue weighted by Crippen LogP contribution is -2.43. The predicted octanol–water partition coefficient (Wildman–Crippen LogP) is 7.58. The number of non-ortho nitro benzene ring substituents is 1. The zero-order chi connectivity index (χ0) is 24.1. The van der Waals surface area contributed by atoms with Crippen LogP contribution in [0, 0.1) is 24.5 Å². The van der Waals surface area contributed by atoms with E-state index in [1.807, 2.05) is 22.6 Å². The predicted molar refractivity (Wildman–Crippen MR) is 144 cm³/mol. The number of nitrogens with zero attached hydrogens (tertiary/aromatic N) is 1. The van der Waals surface area contributed by atoms with Crippen molar-refractivity contribution in [3.8, 4) is 10.8 Å². The van der Waals surface area contributed by atoms with E-state index in [1.54, 1.807) is 17.8 Å². The highest BCUT2D eigenvalue weighted by Gasteiger charge is 2.42. The Hall–Kier alpha value is -1.05. The van der Waals surface area contributed by atoms with Crippen molar-refractivity contribution in [2.24, 2.45) is 0 Å². The van der Waals surface area contributed by atoms with Crippen LogP contribution in [0.2, 0.25) is 16.6 Å². The molecule has 0 heterocycles. The second kappa shape index (κ2) is 11.9. The lowest BCUT2D eigenvalue weighted by Gasteiger charge is -2.38. The van der Waals surface area contributed by atoms with Gasteiger partial charge in [-0.15, -0.1) is 5.54 Å². The summed E-state index contributed by atoms with van der Waals surface area (Å²) in [5, 5.41) is 14.7. The number of hydrogen-bond donors (Lipinski definition) is 0. The van der Waals surface area contributed by atoms with Gasteiger partial charge in [-0.3, -0.25) is 10.1 Å². The van der Waals surface area contributed by atoms with Gasteiger partial charge in [-0.05, 0) is 69.8 Å². The Kier molecular flexibility index (Phi) is 10.1. The van der Waals surface area contributed by atoms with Crippen molar-refractivity contribution in [2.75, 3.05) is 0 Å². The highest BCUT2D eigenvalue weighted by atomic mass is 127. The number of thioether (sulfide) groups is 1. The number of halogens is 1. The Balaban J connectivity index is 2.19. The van der Waals surface area contributed by atoms with Crippen molar-refractivity contribution in [2.45, 2.75) is 95.2 Å². The fraction of sp³-hybridized carbons (Fsp3) is 0.625. The summed E-state index contributed by atoms with van der Waals surface area (Å²) in [4.78, 5) is 23.5. The van der Waals surface area contributed by atoms with Gasteiger partial charge in [0, 0.05) is 15.7 Å². The Morgan fingerprint density at radius 2 is 1.75 bits per heavy atom. The second-order valence-corrected chi connectivity index (χ2v) is 17.2. The number of benzene rings is 1. The lowest BCUT2D eigenvalue weighted by molar-refractivity contribution is -0.384. The van der Waals surface area contributed by atoms with Gasteiger partial charge in [-0.2, -0.15) is 0 Å². The number of nitro benzene ring substituents is 1. The summed E-state index contributed by atoms with van der Waals surface area (Å²) >= 11 is 3.64. The van der Waals surface area contributed by atoms with Crippen LogP contribution in [0.1, 0.15) is 77.6 Å². The minimum Gasteiger partial charge on any atom is -0.458 e. The third kappa shape index (κ3) is 6.29. The SMILES string of the molecule is CC(C)[Si](C#CS[C@@H]1CCCC[C@H]1OC(=O)c1cc([N+](=O)[O-])ccc1I)(C(C)C)C(C)C. The van der Waals surface area contributed by atoms with Crippen molar-refractivity contribution in [3.05, 3.63) is 37.4 Å². The Labute approximate surface area is 211 Å². The molecule has 0 radical (unpaired) electrons. The molecule has 1 aromatic carbocycles. The fourth-order valence-electron chi connectivity index (χ4n) is 4.94. The smallest absolute Gasteiger partial charge is 0.339 e. The Morgan fingerprint density at radius 3 is 2.31 bits per heavy atom. The molecule has 0 bridgehead atoms. The van der Waals surface area contributed by atoms with Crippen LogP contribution in [0.4, 0.5) is 5.69 Å². The monoisotopic (exact) mass is 587 g/mol. The number of ether oxygens (including phenoxy) is 1. The fourth-order valence-corrected chi connectivity index (χ4v) is 12.1. The minimum atomic E-state index is -1.80. The standard InChI is InChI=1S/C24H34INO4SSi/c1-16(2)32(17(3)4,18(5)6)14-13-31-23-10-8-7-9-22(23)30-24(27)20-15-19(26(28)29)11-12-21(20)25/h11-12,15-18,22-23H,7-10H2,1-6H3/t22-,23-/m1/s1. The van der Waals surface area contributed by atoms with Gasteiger partial charge in [-0.1, -0.05) is 59.7 Å². The van der Waals surface area contributed by atoms with Crippen LogP contribution in [-0.4, -0.2) is 30.3 Å². The summed E-state index contributed by atoms with van der Waals surface area (Å²) < 4.78 is 6.54. The quantitative estimate of drug-likeness (QED) is 0.0822. The number of rotatable bonds is 7. The molecule has 0 aliphatic heterocycles. The first-order chi connectivity index (χ1) is 15.0. The topological polar surface area (TPSA) is 69.4 Å². The molecule has 1 aliphatic carbocycles. The van der Waals surface area contributed by atoms with E-state index in [9.17, 15) is 14.9 Å². The van der Waals surface area contributed by atoms with Gasteiger partial charge >= 0.3 is 5.97 Å². The van der Waals surface area contributed by atoms with E-state index < -0.39 is 19.0 Å². The molecule has 32 heavy (non-hydrogen) atoms. The maximum absolute atomic E-state index is 12.9. The maximum atomic E-state index is 12.9. The van der Waals surface area contributed by atoms with Crippen LogP contribution in [-0.2, 0) is 4.74 Å². The van der Waals surface area contributed by atoms with Crippen molar-refractivity contribution in [1.29, 1.82) is 0 Å². The van der Waals surface area contributed by atoms with Gasteiger partial charge in [-0.25, -0.2) is 4.79 Å². The third-order valence-corrected chi connectivity index (χ3v) is 15.1. The molecule has 0 saturated heterocycles. The first-order valence-electron chi connectivity index (χ1n) is 11.3. The van der Waals surface area contributed by atoms with Gasteiger partial charge in [0.05, 0.1) is 15.7 Å². The molecule has 8 heteroatoms. The summed E-state index contributed by atoms with van der Waals surface area (Å²) in [7, 11) is -1.80. The molecular weight excluding hydrogens is 553 g/mol. The van der Waals surface area contributed by atoms with Crippen molar-refractivity contribution < 1.29 is 14.5 Å². The van der Waals surface area contributed by atoms with Gasteiger partial charge < -0.3 is 4.74 Å². The molecule has 1 aromatic rings. The molecule has 0 N–H and O–H groups in total. The highest BCUT2D eigenvalue weighted by molar-refractivity contribution is 14.1. The summed E-state index contributed by atoms with van der Waals surface area (Å²) in [5.74, 6) is -0.487. The summed E-state index contributed by atoms with van der Waals surface area (Å²) in [6, 6.07) is 4.30. The van der Waals surface area contributed by atoms with E-state index in [2.05, 4.69) is 52.3 Å². The molecule has 0 aromatic heterocycles. The van der Waals surface area contributed by atoms with Crippen LogP contribution in [0.25, 0.3) is 0 Å². The van der Waals surface area contributed by atoms with E-state index in [0.29, 0.717) is 20.2 Å².